The van der Waals surface area contributed by atoms with Crippen molar-refractivity contribution in [1.29, 1.82) is 0 Å². The van der Waals surface area contributed by atoms with Gasteiger partial charge in [-0.3, -0.25) is 0 Å². The Kier molecular flexibility index (Phi) is 3.88. The summed E-state index contributed by atoms with van der Waals surface area (Å²) in [6.07, 6.45) is 0. The monoisotopic (exact) mass is 299 g/mol. The molecule has 0 aliphatic heterocycles. The van der Waals surface area contributed by atoms with Crippen molar-refractivity contribution in [3.8, 4) is 0 Å². The van der Waals surface area contributed by atoms with E-state index in [1.165, 1.54) is 0 Å². The first kappa shape index (κ1) is 14.3. The zero-order chi connectivity index (χ0) is 15.5. The number of fused-ring (bicyclic) bond motifs is 1. The Hall–Kier alpha value is -2.67. The van der Waals surface area contributed by atoms with Crippen molar-refractivity contribution < 1.29 is 4.74 Å². The Balaban J connectivity index is 1.76. The van der Waals surface area contributed by atoms with E-state index in [-0.39, 0.29) is 5.69 Å². The highest BCUT2D eigenvalue weighted by molar-refractivity contribution is 5.75. The fourth-order valence-corrected chi connectivity index (χ4v) is 2.30. The van der Waals surface area contributed by atoms with Crippen LogP contribution in [0, 0.1) is 6.92 Å². The summed E-state index contributed by atoms with van der Waals surface area (Å²) >= 11 is 0. The molecule has 0 radical (unpaired) electrons. The molecule has 3 N–H and O–H groups in total. The second kappa shape index (κ2) is 5.98. The number of aromatic amines is 2. The standard InChI is InChI=1S/C15H17N5O2/c1-9-5-13(20-14(17-9)8-22-2)16-7-10-3-4-11-12(6-10)19-15(21)18-11/h3-6H,7-8H2,1-2H3,(H,16,17,20)(H2,18,19,21). The maximum absolute atomic E-state index is 11.3. The lowest BCUT2D eigenvalue weighted by Crippen LogP contribution is -2.06. The first-order valence-electron chi connectivity index (χ1n) is 6.92. The molecule has 0 saturated carbocycles. The second-order valence-corrected chi connectivity index (χ2v) is 5.06. The van der Waals surface area contributed by atoms with Crippen LogP contribution in [0.5, 0.6) is 0 Å². The third-order valence-corrected chi connectivity index (χ3v) is 3.23. The smallest absolute Gasteiger partial charge is 0.323 e. The minimum absolute atomic E-state index is 0.198. The van der Waals surface area contributed by atoms with E-state index in [1.807, 2.05) is 31.2 Å². The molecule has 0 aliphatic rings. The van der Waals surface area contributed by atoms with E-state index in [1.54, 1.807) is 7.11 Å². The van der Waals surface area contributed by atoms with Gasteiger partial charge in [-0.2, -0.15) is 0 Å². The maximum atomic E-state index is 11.3. The van der Waals surface area contributed by atoms with Gasteiger partial charge in [-0.15, -0.1) is 0 Å². The van der Waals surface area contributed by atoms with Gasteiger partial charge in [0.25, 0.3) is 0 Å². The minimum atomic E-state index is -0.198. The SMILES string of the molecule is COCc1nc(C)cc(NCc2ccc3[nH]c(=O)[nH]c3c2)n1. The predicted molar refractivity (Wildman–Crippen MR) is 83.7 cm³/mol. The average molecular weight is 299 g/mol. The van der Waals surface area contributed by atoms with E-state index in [2.05, 4.69) is 25.3 Å². The molecule has 2 heterocycles. The molecule has 3 aromatic rings. The number of aryl methyl sites for hydroxylation is 1. The summed E-state index contributed by atoms with van der Waals surface area (Å²) in [5.41, 5.74) is 3.33. The van der Waals surface area contributed by atoms with Gasteiger partial charge in [-0.25, -0.2) is 14.8 Å². The van der Waals surface area contributed by atoms with Gasteiger partial charge in [0.05, 0.1) is 11.0 Å². The molecule has 0 amide bonds. The lowest BCUT2D eigenvalue weighted by Gasteiger charge is -2.08. The highest BCUT2D eigenvalue weighted by atomic mass is 16.5. The van der Waals surface area contributed by atoms with Crippen LogP contribution in [-0.2, 0) is 17.9 Å². The molecule has 0 atom stereocenters. The summed E-state index contributed by atoms with van der Waals surface area (Å²) in [7, 11) is 1.62. The van der Waals surface area contributed by atoms with Crippen molar-refractivity contribution in [2.45, 2.75) is 20.1 Å². The van der Waals surface area contributed by atoms with Gasteiger partial charge < -0.3 is 20.0 Å². The summed E-state index contributed by atoms with van der Waals surface area (Å²) in [5, 5.41) is 3.26. The van der Waals surface area contributed by atoms with Crippen LogP contribution in [-0.4, -0.2) is 27.0 Å². The number of ether oxygens (including phenoxy) is 1. The van der Waals surface area contributed by atoms with Gasteiger partial charge in [-0.1, -0.05) is 6.07 Å². The quantitative estimate of drug-likeness (QED) is 0.666. The van der Waals surface area contributed by atoms with Crippen molar-refractivity contribution in [3.05, 3.63) is 51.8 Å². The van der Waals surface area contributed by atoms with E-state index in [0.717, 1.165) is 28.1 Å². The number of imidazole rings is 1. The first-order valence-corrected chi connectivity index (χ1v) is 6.92. The largest absolute Gasteiger partial charge is 0.377 e. The van der Waals surface area contributed by atoms with E-state index in [9.17, 15) is 4.79 Å². The van der Waals surface area contributed by atoms with E-state index < -0.39 is 0 Å². The number of rotatable bonds is 5. The number of hydrogen-bond acceptors (Lipinski definition) is 5. The molecule has 0 spiro atoms. The summed E-state index contributed by atoms with van der Waals surface area (Å²) in [6, 6.07) is 7.66. The van der Waals surface area contributed by atoms with Crippen molar-refractivity contribution in [2.24, 2.45) is 0 Å². The first-order chi connectivity index (χ1) is 10.6. The molecule has 22 heavy (non-hydrogen) atoms. The number of H-pyrrole nitrogens is 2. The van der Waals surface area contributed by atoms with Crippen molar-refractivity contribution >= 4 is 16.9 Å². The van der Waals surface area contributed by atoms with Crippen LogP contribution in [0.4, 0.5) is 5.82 Å². The molecule has 0 unspecified atom stereocenters. The van der Waals surface area contributed by atoms with Gasteiger partial charge in [0.2, 0.25) is 0 Å². The third kappa shape index (κ3) is 3.15. The molecule has 0 saturated heterocycles. The molecule has 7 heteroatoms. The van der Waals surface area contributed by atoms with Crippen LogP contribution in [0.1, 0.15) is 17.1 Å². The second-order valence-electron chi connectivity index (χ2n) is 5.06. The van der Waals surface area contributed by atoms with Crippen molar-refractivity contribution in [3.63, 3.8) is 0 Å². The number of benzene rings is 1. The Morgan fingerprint density at radius 2 is 2.00 bits per heavy atom. The molecular formula is C15H17N5O2. The van der Waals surface area contributed by atoms with Gasteiger partial charge in [0, 0.05) is 25.4 Å². The Morgan fingerprint density at radius 1 is 1.18 bits per heavy atom. The summed E-state index contributed by atoms with van der Waals surface area (Å²) in [6.45, 7) is 2.90. The average Bonchev–Trinajstić information content (AvgIpc) is 2.84. The van der Waals surface area contributed by atoms with Gasteiger partial charge in [-0.05, 0) is 24.6 Å². The van der Waals surface area contributed by atoms with Crippen LogP contribution in [0.3, 0.4) is 0 Å². The minimum Gasteiger partial charge on any atom is -0.377 e. The van der Waals surface area contributed by atoms with Gasteiger partial charge >= 0.3 is 5.69 Å². The lowest BCUT2D eigenvalue weighted by atomic mass is 10.2. The van der Waals surface area contributed by atoms with Crippen LogP contribution >= 0.6 is 0 Å². The number of hydrogen-bond donors (Lipinski definition) is 3. The zero-order valence-corrected chi connectivity index (χ0v) is 12.4. The number of methoxy groups -OCH3 is 1. The topological polar surface area (TPSA) is 95.7 Å². The molecule has 0 fully saturated rings. The highest BCUT2D eigenvalue weighted by Gasteiger charge is 2.03. The van der Waals surface area contributed by atoms with Gasteiger partial charge in [0.15, 0.2) is 5.82 Å². The number of anilines is 1. The number of nitrogens with one attached hydrogen (secondary N) is 3. The fraction of sp³-hybridized carbons (Fsp3) is 0.267. The van der Waals surface area contributed by atoms with E-state index in [4.69, 9.17) is 4.74 Å². The lowest BCUT2D eigenvalue weighted by molar-refractivity contribution is 0.177. The molecule has 114 valence electrons. The van der Waals surface area contributed by atoms with Crippen molar-refractivity contribution in [1.82, 2.24) is 19.9 Å². The summed E-state index contributed by atoms with van der Waals surface area (Å²) < 4.78 is 5.06. The normalized spacial score (nSPS) is 11.0. The Bertz CT molecular complexity index is 853. The van der Waals surface area contributed by atoms with Crippen LogP contribution < -0.4 is 11.0 Å². The summed E-state index contributed by atoms with van der Waals surface area (Å²) in [5.74, 6) is 1.40. The Labute approximate surface area is 126 Å². The molecule has 2 aromatic heterocycles. The number of nitrogens with zero attached hydrogens (tertiary/aromatic N) is 2. The Morgan fingerprint density at radius 3 is 2.82 bits per heavy atom. The molecule has 0 aliphatic carbocycles. The van der Waals surface area contributed by atoms with Crippen molar-refractivity contribution in [2.75, 3.05) is 12.4 Å². The molecule has 7 nitrogen and oxygen atoms in total. The van der Waals surface area contributed by atoms with Crippen LogP contribution in [0.2, 0.25) is 0 Å². The molecule has 3 rings (SSSR count). The maximum Gasteiger partial charge on any atom is 0.323 e. The summed E-state index contributed by atoms with van der Waals surface area (Å²) in [4.78, 5) is 25.4. The van der Waals surface area contributed by atoms with E-state index >= 15 is 0 Å². The molecular weight excluding hydrogens is 282 g/mol. The molecule has 0 bridgehead atoms. The predicted octanol–water partition coefficient (Wildman–Crippen LogP) is 1.71. The van der Waals surface area contributed by atoms with E-state index in [0.29, 0.717) is 19.0 Å². The van der Waals surface area contributed by atoms with Crippen LogP contribution in [0.15, 0.2) is 29.1 Å². The molecule has 1 aromatic carbocycles. The number of aromatic nitrogens is 4. The highest BCUT2D eigenvalue weighted by Crippen LogP contribution is 2.13. The van der Waals surface area contributed by atoms with Gasteiger partial charge in [0.1, 0.15) is 12.4 Å². The zero-order valence-electron chi connectivity index (χ0n) is 12.4. The van der Waals surface area contributed by atoms with Crippen LogP contribution in [0.25, 0.3) is 11.0 Å². The third-order valence-electron chi connectivity index (χ3n) is 3.23. The fourth-order valence-electron chi connectivity index (χ4n) is 2.30.